The number of rotatable bonds is 7. The zero-order valence-electron chi connectivity index (χ0n) is 20.1. The van der Waals surface area contributed by atoms with Gasteiger partial charge in [0.1, 0.15) is 5.60 Å². The number of ether oxygens (including phenoxy) is 4. The molecule has 172 valence electrons. The first-order valence-corrected chi connectivity index (χ1v) is 11.3. The van der Waals surface area contributed by atoms with Crippen LogP contribution in [0.4, 0.5) is 0 Å². The number of allylic oxidation sites excluding steroid dienone is 4. The van der Waals surface area contributed by atoms with Crippen molar-refractivity contribution in [3.63, 3.8) is 0 Å². The van der Waals surface area contributed by atoms with Crippen molar-refractivity contribution < 1.29 is 23.7 Å². The quantitative estimate of drug-likeness (QED) is 0.227. The van der Waals surface area contributed by atoms with Crippen molar-refractivity contribution >= 4 is 5.97 Å². The van der Waals surface area contributed by atoms with Gasteiger partial charge in [-0.05, 0) is 70.9 Å². The van der Waals surface area contributed by atoms with E-state index in [0.717, 1.165) is 24.8 Å². The van der Waals surface area contributed by atoms with Gasteiger partial charge >= 0.3 is 5.97 Å². The van der Waals surface area contributed by atoms with Gasteiger partial charge in [0.05, 0.1) is 19.0 Å². The van der Waals surface area contributed by atoms with Gasteiger partial charge in [0.2, 0.25) is 0 Å². The number of carbonyl (C=O) groups excluding carboxylic acids is 1. The summed E-state index contributed by atoms with van der Waals surface area (Å²) >= 11 is 0. The van der Waals surface area contributed by atoms with Crippen LogP contribution in [-0.2, 0) is 23.7 Å². The summed E-state index contributed by atoms with van der Waals surface area (Å²) in [5.41, 5.74) is 2.75. The van der Waals surface area contributed by atoms with Crippen LogP contribution in [0.15, 0.2) is 47.3 Å². The molecule has 0 aromatic carbocycles. The van der Waals surface area contributed by atoms with Crippen molar-refractivity contribution in [2.75, 3.05) is 13.7 Å². The maximum absolute atomic E-state index is 12.1. The van der Waals surface area contributed by atoms with Gasteiger partial charge in [0.25, 0.3) is 0 Å². The molecule has 0 saturated carbocycles. The van der Waals surface area contributed by atoms with Gasteiger partial charge in [-0.2, -0.15) is 0 Å². The molecule has 0 amide bonds. The average Bonchev–Trinajstić information content (AvgIpc) is 3.14. The van der Waals surface area contributed by atoms with E-state index in [0.29, 0.717) is 13.0 Å². The highest BCUT2D eigenvalue weighted by Gasteiger charge is 2.67. The molecular formula is C26H38O5. The first-order valence-electron chi connectivity index (χ1n) is 11.3. The molecule has 2 heterocycles. The van der Waals surface area contributed by atoms with Crippen LogP contribution in [0.1, 0.15) is 67.2 Å². The van der Waals surface area contributed by atoms with Crippen molar-refractivity contribution in [3.05, 3.63) is 47.3 Å². The first kappa shape index (κ1) is 24.0. The highest BCUT2D eigenvalue weighted by Crippen LogP contribution is 2.61. The van der Waals surface area contributed by atoms with E-state index in [2.05, 4.69) is 32.9 Å². The molecule has 1 spiro atoms. The Balaban J connectivity index is 1.97. The lowest BCUT2D eigenvalue weighted by Crippen LogP contribution is -2.53. The Hall–Kier alpha value is -1.69. The third-order valence-corrected chi connectivity index (χ3v) is 6.95. The fraction of sp³-hybridized carbons (Fsp3) is 0.654. The molecule has 3 aliphatic rings. The first-order chi connectivity index (χ1) is 14.5. The average molecular weight is 431 g/mol. The van der Waals surface area contributed by atoms with Crippen LogP contribution in [0.3, 0.4) is 0 Å². The third-order valence-electron chi connectivity index (χ3n) is 6.95. The van der Waals surface area contributed by atoms with Crippen LogP contribution in [0, 0.1) is 11.3 Å². The molecule has 0 unspecified atom stereocenters. The van der Waals surface area contributed by atoms with Crippen LogP contribution in [-0.4, -0.2) is 37.2 Å². The highest BCUT2D eigenvalue weighted by atomic mass is 16.7. The summed E-state index contributed by atoms with van der Waals surface area (Å²) in [5, 5.41) is 0. The van der Waals surface area contributed by atoms with Gasteiger partial charge in [-0.25, -0.2) is 4.79 Å². The van der Waals surface area contributed by atoms with Crippen LogP contribution in [0.2, 0.25) is 0 Å². The summed E-state index contributed by atoms with van der Waals surface area (Å²) in [6, 6.07) is 0. The molecule has 3 rings (SSSR count). The predicted octanol–water partition coefficient (Wildman–Crippen LogP) is 5.63. The molecule has 0 aromatic rings. The summed E-state index contributed by atoms with van der Waals surface area (Å²) in [6.07, 6.45) is 13.2. The Morgan fingerprint density at radius 3 is 2.61 bits per heavy atom. The lowest BCUT2D eigenvalue weighted by atomic mass is 9.58. The Morgan fingerprint density at radius 2 is 1.97 bits per heavy atom. The van der Waals surface area contributed by atoms with E-state index >= 15 is 0 Å². The summed E-state index contributed by atoms with van der Waals surface area (Å²) in [6.45, 7) is 12.9. The number of hydrogen-bond acceptors (Lipinski definition) is 5. The number of methoxy groups -OCH3 is 1. The maximum atomic E-state index is 12.1. The fourth-order valence-corrected chi connectivity index (χ4v) is 5.30. The van der Waals surface area contributed by atoms with E-state index < -0.39 is 11.4 Å². The summed E-state index contributed by atoms with van der Waals surface area (Å²) in [7, 11) is 1.68. The van der Waals surface area contributed by atoms with E-state index in [1.807, 2.05) is 26.8 Å². The summed E-state index contributed by atoms with van der Waals surface area (Å²) in [5.74, 6) is -1.07. The highest BCUT2D eigenvalue weighted by molar-refractivity contribution is 5.83. The molecule has 2 saturated heterocycles. The Kier molecular flexibility index (Phi) is 6.99. The number of hydrogen-bond donors (Lipinski definition) is 0. The van der Waals surface area contributed by atoms with Crippen molar-refractivity contribution in [2.45, 2.75) is 84.7 Å². The van der Waals surface area contributed by atoms with Gasteiger partial charge in [0.15, 0.2) is 5.79 Å². The largest absolute Gasteiger partial charge is 0.432 e. The van der Waals surface area contributed by atoms with E-state index in [1.165, 1.54) is 17.2 Å². The minimum atomic E-state index is -0.701. The maximum Gasteiger partial charge on any atom is 0.335 e. The molecule has 0 aromatic heterocycles. The Labute approximate surface area is 187 Å². The molecule has 1 aliphatic carbocycles. The van der Waals surface area contributed by atoms with Crippen molar-refractivity contribution in [1.82, 2.24) is 0 Å². The van der Waals surface area contributed by atoms with Gasteiger partial charge < -0.3 is 18.9 Å². The second kappa shape index (κ2) is 9.05. The fourth-order valence-electron chi connectivity index (χ4n) is 5.30. The van der Waals surface area contributed by atoms with E-state index in [4.69, 9.17) is 18.9 Å². The molecule has 5 atom stereocenters. The molecule has 0 bridgehead atoms. The summed E-state index contributed by atoms with van der Waals surface area (Å²) < 4.78 is 24.1. The van der Waals surface area contributed by atoms with Gasteiger partial charge in [-0.1, -0.05) is 30.2 Å². The van der Waals surface area contributed by atoms with E-state index in [9.17, 15) is 4.79 Å². The minimum Gasteiger partial charge on any atom is -0.432 e. The third kappa shape index (κ3) is 4.74. The second-order valence-electron chi connectivity index (χ2n) is 10.1. The monoisotopic (exact) mass is 430 g/mol. The molecule has 2 fully saturated rings. The minimum absolute atomic E-state index is 0.00506. The molecule has 0 N–H and O–H groups in total. The molecular weight excluding hydrogens is 392 g/mol. The summed E-state index contributed by atoms with van der Waals surface area (Å²) in [4.78, 5) is 12.1. The van der Waals surface area contributed by atoms with Crippen LogP contribution in [0.25, 0.3) is 0 Å². The standard InChI is InChI=1S/C26H38O5/c1-18(2)9-8-12-24(5)13-10-20-17-30-22-16-25(6,28-7)31-26(20,22)21(24)11-14-29-23(27)15-19(3)4/h9-11,14-15,21-22H,8,12-13,16-17H2,1-7H3/b14-11-/t21-,22+,24+,25+,26-/m0/s1. The lowest BCUT2D eigenvalue weighted by molar-refractivity contribution is -0.236. The van der Waals surface area contributed by atoms with Gasteiger partial charge in [-0.15, -0.1) is 0 Å². The second-order valence-corrected chi connectivity index (χ2v) is 10.1. The van der Waals surface area contributed by atoms with Crippen LogP contribution >= 0.6 is 0 Å². The van der Waals surface area contributed by atoms with Crippen LogP contribution < -0.4 is 0 Å². The smallest absolute Gasteiger partial charge is 0.335 e. The molecule has 2 aliphatic heterocycles. The number of esters is 1. The van der Waals surface area contributed by atoms with Crippen LogP contribution in [0.5, 0.6) is 0 Å². The Morgan fingerprint density at radius 1 is 1.23 bits per heavy atom. The Bertz CT molecular complexity index is 814. The van der Waals surface area contributed by atoms with Crippen molar-refractivity contribution in [3.8, 4) is 0 Å². The van der Waals surface area contributed by atoms with Gasteiger partial charge in [-0.3, -0.25) is 0 Å². The van der Waals surface area contributed by atoms with E-state index in [1.54, 1.807) is 13.4 Å². The predicted molar refractivity (Wildman–Crippen MR) is 121 cm³/mol. The SMILES string of the molecule is CO[C@@]1(C)C[C@H]2OCC3=CC[C@@](C)(CCC=C(C)C)[C@H](/C=C\OC(=O)C=C(C)C)[C@@]32O1. The lowest BCUT2D eigenvalue weighted by Gasteiger charge is -2.49. The van der Waals surface area contributed by atoms with Crippen molar-refractivity contribution in [1.29, 1.82) is 0 Å². The normalized spacial score (nSPS) is 36.5. The number of carbonyl (C=O) groups is 1. The topological polar surface area (TPSA) is 54.0 Å². The molecule has 31 heavy (non-hydrogen) atoms. The molecule has 0 radical (unpaired) electrons. The zero-order chi connectivity index (χ0) is 22.9. The molecule has 5 nitrogen and oxygen atoms in total. The molecule has 5 heteroatoms. The zero-order valence-corrected chi connectivity index (χ0v) is 20.1. The van der Waals surface area contributed by atoms with Gasteiger partial charge in [0, 0.05) is 25.5 Å². The van der Waals surface area contributed by atoms with E-state index in [-0.39, 0.29) is 23.4 Å². The van der Waals surface area contributed by atoms with Crippen molar-refractivity contribution in [2.24, 2.45) is 11.3 Å².